The minimum atomic E-state index is -0.116. The van der Waals surface area contributed by atoms with E-state index in [4.69, 9.17) is 4.74 Å². The molecule has 1 saturated carbocycles. The third-order valence-corrected chi connectivity index (χ3v) is 5.71. The third-order valence-electron chi connectivity index (χ3n) is 4.59. The summed E-state index contributed by atoms with van der Waals surface area (Å²) >= 11 is 1.80. The highest BCUT2D eigenvalue weighted by Crippen LogP contribution is 2.42. The lowest BCUT2D eigenvalue weighted by atomic mass is 9.84. The molecule has 4 nitrogen and oxygen atoms in total. The lowest BCUT2D eigenvalue weighted by Crippen LogP contribution is -2.44. The van der Waals surface area contributed by atoms with Gasteiger partial charge in [-0.05, 0) is 36.4 Å². The molecule has 0 aliphatic heterocycles. The van der Waals surface area contributed by atoms with Crippen LogP contribution in [0.15, 0.2) is 47.8 Å². The number of carbonyl (C=O) groups is 1. The van der Waals surface area contributed by atoms with E-state index in [1.165, 1.54) is 17.7 Å². The van der Waals surface area contributed by atoms with E-state index in [-0.39, 0.29) is 11.4 Å². The van der Waals surface area contributed by atoms with Gasteiger partial charge in [0.05, 0.1) is 6.54 Å². The monoisotopic (exact) mass is 344 g/mol. The van der Waals surface area contributed by atoms with Gasteiger partial charge in [-0.2, -0.15) is 0 Å². The Morgan fingerprint density at radius 3 is 2.58 bits per heavy atom. The van der Waals surface area contributed by atoms with Gasteiger partial charge in [0.1, 0.15) is 12.4 Å². The van der Waals surface area contributed by atoms with E-state index in [1.54, 1.807) is 11.3 Å². The maximum Gasteiger partial charge on any atom is 0.314 e. The van der Waals surface area contributed by atoms with Crippen molar-refractivity contribution in [3.05, 3.63) is 52.7 Å². The highest BCUT2D eigenvalue weighted by molar-refractivity contribution is 7.10. The normalized spacial score (nSPS) is 15.8. The molecule has 24 heavy (non-hydrogen) atoms. The van der Waals surface area contributed by atoms with Crippen molar-refractivity contribution >= 4 is 17.4 Å². The summed E-state index contributed by atoms with van der Waals surface area (Å²) in [6.07, 6.45) is 4.80. The van der Waals surface area contributed by atoms with Crippen LogP contribution in [-0.2, 0) is 5.41 Å². The number of nitrogens with one attached hydrogen (secondary N) is 2. The molecule has 1 aliphatic carbocycles. The number of urea groups is 1. The van der Waals surface area contributed by atoms with Gasteiger partial charge in [0.2, 0.25) is 0 Å². The fourth-order valence-corrected chi connectivity index (χ4v) is 4.29. The van der Waals surface area contributed by atoms with Crippen LogP contribution in [0.5, 0.6) is 5.75 Å². The zero-order valence-corrected chi connectivity index (χ0v) is 14.6. The number of para-hydroxylation sites is 1. The quantitative estimate of drug-likeness (QED) is 0.748. The van der Waals surface area contributed by atoms with Gasteiger partial charge in [0.15, 0.2) is 0 Å². The number of rotatable bonds is 7. The van der Waals surface area contributed by atoms with Crippen molar-refractivity contribution in [2.45, 2.75) is 31.1 Å². The molecule has 0 spiro atoms. The van der Waals surface area contributed by atoms with Gasteiger partial charge in [-0.1, -0.05) is 37.1 Å². The van der Waals surface area contributed by atoms with Gasteiger partial charge in [-0.3, -0.25) is 0 Å². The molecule has 1 aromatic heterocycles. The highest BCUT2D eigenvalue weighted by Gasteiger charge is 2.36. The Hall–Kier alpha value is -2.01. The first kappa shape index (κ1) is 16.8. The third kappa shape index (κ3) is 4.29. The lowest BCUT2D eigenvalue weighted by molar-refractivity contribution is 0.233. The summed E-state index contributed by atoms with van der Waals surface area (Å²) in [5, 5.41) is 8.04. The molecule has 128 valence electrons. The smallest absolute Gasteiger partial charge is 0.314 e. The number of carbonyl (C=O) groups excluding carboxylic acids is 1. The second-order valence-electron chi connectivity index (χ2n) is 6.24. The van der Waals surface area contributed by atoms with E-state index in [0.29, 0.717) is 19.7 Å². The molecule has 0 radical (unpaired) electrons. The van der Waals surface area contributed by atoms with Crippen LogP contribution in [0.2, 0.25) is 0 Å². The summed E-state index contributed by atoms with van der Waals surface area (Å²) in [5.41, 5.74) is 0.131. The van der Waals surface area contributed by atoms with Crippen LogP contribution in [0.3, 0.4) is 0 Å². The molecule has 1 heterocycles. The summed E-state index contributed by atoms with van der Waals surface area (Å²) in [6, 6.07) is 13.8. The Balaban J connectivity index is 1.40. The number of thiophene rings is 1. The van der Waals surface area contributed by atoms with E-state index in [1.807, 2.05) is 30.3 Å². The Labute approximate surface area is 147 Å². The minimum Gasteiger partial charge on any atom is -0.492 e. The minimum absolute atomic E-state index is 0.116. The van der Waals surface area contributed by atoms with E-state index in [0.717, 1.165) is 18.6 Å². The molecule has 0 unspecified atom stereocenters. The van der Waals surface area contributed by atoms with Gasteiger partial charge < -0.3 is 15.4 Å². The Morgan fingerprint density at radius 2 is 1.88 bits per heavy atom. The molecule has 3 rings (SSSR count). The van der Waals surface area contributed by atoms with Gasteiger partial charge in [0, 0.05) is 16.8 Å². The average Bonchev–Trinajstić information content (AvgIpc) is 3.30. The number of ether oxygens (including phenoxy) is 1. The number of amides is 2. The summed E-state index contributed by atoms with van der Waals surface area (Å²) in [7, 11) is 0. The van der Waals surface area contributed by atoms with Crippen LogP contribution in [0.25, 0.3) is 0 Å². The van der Waals surface area contributed by atoms with Crippen molar-refractivity contribution in [2.75, 3.05) is 19.7 Å². The molecule has 2 amide bonds. The van der Waals surface area contributed by atoms with Crippen molar-refractivity contribution < 1.29 is 9.53 Å². The van der Waals surface area contributed by atoms with E-state index >= 15 is 0 Å². The lowest BCUT2D eigenvalue weighted by Gasteiger charge is -2.28. The highest BCUT2D eigenvalue weighted by atomic mass is 32.1. The van der Waals surface area contributed by atoms with Crippen LogP contribution in [-0.4, -0.2) is 25.7 Å². The Morgan fingerprint density at radius 1 is 1.08 bits per heavy atom. The van der Waals surface area contributed by atoms with Gasteiger partial charge in [0.25, 0.3) is 0 Å². The van der Waals surface area contributed by atoms with Crippen molar-refractivity contribution in [2.24, 2.45) is 0 Å². The molecular formula is C19H24N2O2S. The number of hydrogen-bond donors (Lipinski definition) is 2. The summed E-state index contributed by atoms with van der Waals surface area (Å²) < 4.78 is 5.57. The molecular weight excluding hydrogens is 320 g/mol. The molecule has 1 fully saturated rings. The largest absolute Gasteiger partial charge is 0.492 e. The summed E-state index contributed by atoms with van der Waals surface area (Å²) in [5.74, 6) is 0.822. The Bertz CT molecular complexity index is 622. The van der Waals surface area contributed by atoms with Crippen LogP contribution in [0.1, 0.15) is 30.6 Å². The maximum atomic E-state index is 12.0. The predicted octanol–water partition coefficient (Wildman–Crippen LogP) is 3.94. The summed E-state index contributed by atoms with van der Waals surface area (Å²) in [4.78, 5) is 13.4. The van der Waals surface area contributed by atoms with Gasteiger partial charge in [-0.15, -0.1) is 11.3 Å². The van der Waals surface area contributed by atoms with Crippen molar-refractivity contribution in [1.29, 1.82) is 0 Å². The van der Waals surface area contributed by atoms with E-state index in [9.17, 15) is 4.79 Å². The molecule has 2 N–H and O–H groups in total. The van der Waals surface area contributed by atoms with Crippen LogP contribution in [0.4, 0.5) is 4.79 Å². The molecule has 2 aromatic rings. The molecule has 5 heteroatoms. The van der Waals surface area contributed by atoms with Gasteiger partial charge >= 0.3 is 6.03 Å². The standard InChI is InChI=1S/C19H24N2O2S/c22-18(20-12-13-23-16-7-2-1-3-8-16)21-15-19(10-4-5-11-19)17-9-6-14-24-17/h1-3,6-9,14H,4-5,10-13,15H2,(H2,20,21,22). The fourth-order valence-electron chi connectivity index (χ4n) is 3.30. The van der Waals surface area contributed by atoms with Crippen molar-refractivity contribution in [3.8, 4) is 5.75 Å². The molecule has 1 aliphatic rings. The van der Waals surface area contributed by atoms with Crippen molar-refractivity contribution in [1.82, 2.24) is 10.6 Å². The van der Waals surface area contributed by atoms with E-state index < -0.39 is 0 Å². The molecule has 0 bridgehead atoms. The SMILES string of the molecule is O=C(NCCOc1ccccc1)NCC1(c2cccs2)CCCC1. The fraction of sp³-hybridized carbons (Fsp3) is 0.421. The van der Waals surface area contributed by atoms with Gasteiger partial charge in [-0.25, -0.2) is 4.79 Å². The molecule has 1 aromatic carbocycles. The van der Waals surface area contributed by atoms with Crippen LogP contribution < -0.4 is 15.4 Å². The zero-order valence-electron chi connectivity index (χ0n) is 13.8. The van der Waals surface area contributed by atoms with Crippen LogP contribution >= 0.6 is 11.3 Å². The first-order chi connectivity index (χ1) is 11.8. The second-order valence-corrected chi connectivity index (χ2v) is 7.18. The van der Waals surface area contributed by atoms with Crippen LogP contribution in [0, 0.1) is 0 Å². The predicted molar refractivity (Wildman–Crippen MR) is 97.8 cm³/mol. The molecule has 0 atom stereocenters. The molecule has 0 saturated heterocycles. The zero-order chi connectivity index (χ0) is 16.7. The average molecular weight is 344 g/mol. The van der Waals surface area contributed by atoms with Crippen molar-refractivity contribution in [3.63, 3.8) is 0 Å². The number of hydrogen-bond acceptors (Lipinski definition) is 3. The second kappa shape index (κ2) is 8.20. The maximum absolute atomic E-state index is 12.0. The first-order valence-electron chi connectivity index (χ1n) is 8.52. The number of benzene rings is 1. The Kier molecular flexibility index (Phi) is 5.75. The summed E-state index contributed by atoms with van der Waals surface area (Å²) in [6.45, 7) is 1.67. The van der Waals surface area contributed by atoms with E-state index in [2.05, 4.69) is 28.1 Å². The first-order valence-corrected chi connectivity index (χ1v) is 9.40. The topological polar surface area (TPSA) is 50.4 Å².